The van der Waals surface area contributed by atoms with Gasteiger partial charge in [-0.3, -0.25) is 0 Å². The molecule has 0 saturated carbocycles. The Hall–Kier alpha value is -1.69. The average molecular weight is 311 g/mol. The van der Waals surface area contributed by atoms with Crippen molar-refractivity contribution in [3.8, 4) is 0 Å². The van der Waals surface area contributed by atoms with Crippen molar-refractivity contribution in [1.29, 1.82) is 0 Å². The van der Waals surface area contributed by atoms with Crippen LogP contribution < -0.4 is 10.6 Å². The lowest BCUT2D eigenvalue weighted by Gasteiger charge is -2.08. The van der Waals surface area contributed by atoms with Crippen molar-refractivity contribution < 1.29 is 4.39 Å². The number of hydrogen-bond donors (Lipinski definition) is 2. The van der Waals surface area contributed by atoms with Gasteiger partial charge in [-0.1, -0.05) is 0 Å². The molecule has 4 nitrogen and oxygen atoms in total. The average Bonchev–Trinajstić information content (AvgIpc) is 2.35. The summed E-state index contributed by atoms with van der Waals surface area (Å²) in [5, 5.41) is 6.18. The molecule has 0 aliphatic carbocycles. The second-order valence-corrected chi connectivity index (χ2v) is 4.43. The molecule has 0 aliphatic rings. The van der Waals surface area contributed by atoms with E-state index in [-0.39, 0.29) is 5.82 Å². The standard InChI is InChI=1S/C12H12BrFN4/c1-2-15-11-6-12(17-7-16-11)18-8-3-4-10(14)9(13)5-8/h3-7H,2H2,1H3,(H2,15,16,17,18). The minimum absolute atomic E-state index is 0.295. The number of nitrogens with zero attached hydrogens (tertiary/aromatic N) is 2. The van der Waals surface area contributed by atoms with Crippen LogP contribution in [0.5, 0.6) is 0 Å². The van der Waals surface area contributed by atoms with E-state index < -0.39 is 0 Å². The maximum absolute atomic E-state index is 13.1. The van der Waals surface area contributed by atoms with Gasteiger partial charge in [0.05, 0.1) is 4.47 Å². The Balaban J connectivity index is 2.17. The fourth-order valence-electron chi connectivity index (χ4n) is 1.43. The topological polar surface area (TPSA) is 49.8 Å². The number of nitrogens with one attached hydrogen (secondary N) is 2. The van der Waals surface area contributed by atoms with Crippen LogP contribution in [0.3, 0.4) is 0 Å². The van der Waals surface area contributed by atoms with Gasteiger partial charge in [0.15, 0.2) is 0 Å². The molecule has 0 aliphatic heterocycles. The van der Waals surface area contributed by atoms with Crippen molar-refractivity contribution >= 4 is 33.3 Å². The van der Waals surface area contributed by atoms with Gasteiger partial charge in [0.2, 0.25) is 0 Å². The molecule has 0 atom stereocenters. The molecule has 0 bridgehead atoms. The first kappa shape index (κ1) is 12.8. The Morgan fingerprint density at radius 3 is 2.72 bits per heavy atom. The van der Waals surface area contributed by atoms with E-state index in [0.717, 1.165) is 18.1 Å². The van der Waals surface area contributed by atoms with E-state index in [9.17, 15) is 4.39 Å². The maximum atomic E-state index is 13.1. The SMILES string of the molecule is CCNc1cc(Nc2ccc(F)c(Br)c2)ncn1. The van der Waals surface area contributed by atoms with Crippen molar-refractivity contribution in [1.82, 2.24) is 9.97 Å². The number of anilines is 3. The van der Waals surface area contributed by atoms with Crippen molar-refractivity contribution in [2.75, 3.05) is 17.2 Å². The normalized spacial score (nSPS) is 10.2. The largest absolute Gasteiger partial charge is 0.370 e. The number of rotatable bonds is 4. The van der Waals surface area contributed by atoms with Gasteiger partial charge in [0, 0.05) is 18.3 Å². The van der Waals surface area contributed by atoms with Gasteiger partial charge >= 0.3 is 0 Å². The summed E-state index contributed by atoms with van der Waals surface area (Å²) in [6, 6.07) is 6.49. The molecule has 0 unspecified atom stereocenters. The zero-order chi connectivity index (χ0) is 13.0. The summed E-state index contributed by atoms with van der Waals surface area (Å²) >= 11 is 3.14. The second-order valence-electron chi connectivity index (χ2n) is 3.57. The number of halogens is 2. The molecule has 0 radical (unpaired) electrons. The molecule has 1 aromatic heterocycles. The zero-order valence-corrected chi connectivity index (χ0v) is 11.3. The van der Waals surface area contributed by atoms with Gasteiger partial charge < -0.3 is 10.6 Å². The Bertz CT molecular complexity index is 547. The van der Waals surface area contributed by atoms with E-state index in [4.69, 9.17) is 0 Å². The first-order valence-electron chi connectivity index (χ1n) is 5.47. The van der Waals surface area contributed by atoms with Crippen LogP contribution in [0, 0.1) is 5.82 Å². The van der Waals surface area contributed by atoms with E-state index in [1.54, 1.807) is 18.2 Å². The van der Waals surface area contributed by atoms with Gasteiger partial charge in [-0.2, -0.15) is 0 Å². The first-order chi connectivity index (χ1) is 8.69. The molecule has 1 heterocycles. The van der Waals surface area contributed by atoms with Crippen LogP contribution in [-0.2, 0) is 0 Å². The third-order valence-corrected chi connectivity index (χ3v) is 2.82. The van der Waals surface area contributed by atoms with E-state index in [2.05, 4.69) is 36.5 Å². The molecule has 1 aromatic carbocycles. The molecule has 0 spiro atoms. The predicted molar refractivity (Wildman–Crippen MR) is 73.6 cm³/mol. The van der Waals surface area contributed by atoms with Crippen LogP contribution in [0.2, 0.25) is 0 Å². The molecule has 0 saturated heterocycles. The number of benzene rings is 1. The van der Waals surface area contributed by atoms with Gasteiger partial charge in [0.1, 0.15) is 23.8 Å². The first-order valence-corrected chi connectivity index (χ1v) is 6.26. The second kappa shape index (κ2) is 5.77. The Labute approximate surface area is 113 Å². The highest BCUT2D eigenvalue weighted by molar-refractivity contribution is 9.10. The molecule has 2 aromatic rings. The van der Waals surface area contributed by atoms with Crippen LogP contribution in [0.15, 0.2) is 35.1 Å². The maximum Gasteiger partial charge on any atom is 0.137 e. The molecular weight excluding hydrogens is 299 g/mol. The van der Waals surface area contributed by atoms with E-state index in [1.165, 1.54) is 12.4 Å². The summed E-state index contributed by atoms with van der Waals surface area (Å²) in [6.07, 6.45) is 1.47. The van der Waals surface area contributed by atoms with Gasteiger partial charge in [0.25, 0.3) is 0 Å². The van der Waals surface area contributed by atoms with Crippen molar-refractivity contribution in [2.45, 2.75) is 6.92 Å². The lowest BCUT2D eigenvalue weighted by Crippen LogP contribution is -2.01. The van der Waals surface area contributed by atoms with Crippen LogP contribution >= 0.6 is 15.9 Å². The molecule has 0 amide bonds. The van der Waals surface area contributed by atoms with Crippen molar-refractivity contribution in [3.63, 3.8) is 0 Å². The summed E-state index contributed by atoms with van der Waals surface area (Å²) in [4.78, 5) is 8.17. The van der Waals surface area contributed by atoms with Crippen LogP contribution in [0.4, 0.5) is 21.7 Å². The number of aromatic nitrogens is 2. The smallest absolute Gasteiger partial charge is 0.137 e. The molecular formula is C12H12BrFN4. The van der Waals surface area contributed by atoms with Crippen LogP contribution in [-0.4, -0.2) is 16.5 Å². The predicted octanol–water partition coefficient (Wildman–Crippen LogP) is 3.55. The summed E-state index contributed by atoms with van der Waals surface area (Å²) in [5.74, 6) is 1.10. The third-order valence-electron chi connectivity index (χ3n) is 2.22. The number of hydrogen-bond acceptors (Lipinski definition) is 4. The van der Waals surface area contributed by atoms with Crippen LogP contribution in [0.1, 0.15) is 6.92 Å². The zero-order valence-electron chi connectivity index (χ0n) is 9.74. The summed E-state index contributed by atoms with van der Waals surface area (Å²) in [7, 11) is 0. The summed E-state index contributed by atoms with van der Waals surface area (Å²) in [5.41, 5.74) is 0.754. The monoisotopic (exact) mass is 310 g/mol. The highest BCUT2D eigenvalue weighted by Crippen LogP contribution is 2.22. The Morgan fingerprint density at radius 2 is 2.00 bits per heavy atom. The van der Waals surface area contributed by atoms with E-state index >= 15 is 0 Å². The third kappa shape index (κ3) is 3.16. The van der Waals surface area contributed by atoms with E-state index in [0.29, 0.717) is 10.3 Å². The molecule has 6 heteroatoms. The van der Waals surface area contributed by atoms with Crippen molar-refractivity contribution in [3.05, 3.63) is 40.9 Å². The molecule has 18 heavy (non-hydrogen) atoms. The molecule has 0 fully saturated rings. The summed E-state index contributed by atoms with van der Waals surface area (Å²) in [6.45, 7) is 2.78. The minimum atomic E-state index is -0.295. The fourth-order valence-corrected chi connectivity index (χ4v) is 1.80. The molecule has 94 valence electrons. The Morgan fingerprint density at radius 1 is 1.22 bits per heavy atom. The molecule has 2 N–H and O–H groups in total. The molecule has 2 rings (SSSR count). The van der Waals surface area contributed by atoms with Gasteiger partial charge in [-0.15, -0.1) is 0 Å². The highest BCUT2D eigenvalue weighted by Gasteiger charge is 2.02. The van der Waals surface area contributed by atoms with Crippen LogP contribution in [0.25, 0.3) is 0 Å². The lowest BCUT2D eigenvalue weighted by atomic mass is 10.3. The van der Waals surface area contributed by atoms with Gasteiger partial charge in [-0.25, -0.2) is 14.4 Å². The Kier molecular flexibility index (Phi) is 4.09. The highest BCUT2D eigenvalue weighted by atomic mass is 79.9. The summed E-state index contributed by atoms with van der Waals surface area (Å²) < 4.78 is 13.5. The quantitative estimate of drug-likeness (QED) is 0.906. The van der Waals surface area contributed by atoms with Gasteiger partial charge in [-0.05, 0) is 41.1 Å². The van der Waals surface area contributed by atoms with Crippen molar-refractivity contribution in [2.24, 2.45) is 0 Å². The lowest BCUT2D eigenvalue weighted by molar-refractivity contribution is 0.621. The fraction of sp³-hybridized carbons (Fsp3) is 0.167. The van der Waals surface area contributed by atoms with E-state index in [1.807, 2.05) is 6.92 Å². The minimum Gasteiger partial charge on any atom is -0.370 e.